The predicted molar refractivity (Wildman–Crippen MR) is 127 cm³/mol. The fourth-order valence-corrected chi connectivity index (χ4v) is 3.44. The molecule has 1 aromatic carbocycles. The molecular weight excluding hydrogens is 426 g/mol. The second kappa shape index (κ2) is 9.56. The van der Waals surface area contributed by atoms with Gasteiger partial charge in [-0.15, -0.1) is 0 Å². The van der Waals surface area contributed by atoms with E-state index in [0.29, 0.717) is 34.3 Å². The number of nitrogens with one attached hydrogen (secondary N) is 2. The van der Waals surface area contributed by atoms with Crippen LogP contribution >= 0.6 is 12.2 Å². The van der Waals surface area contributed by atoms with Crippen LogP contribution in [0.4, 0.5) is 5.82 Å². The van der Waals surface area contributed by atoms with Crippen molar-refractivity contribution in [2.24, 2.45) is 0 Å². The van der Waals surface area contributed by atoms with E-state index in [0.717, 1.165) is 29.2 Å². The summed E-state index contributed by atoms with van der Waals surface area (Å²) in [5.41, 5.74) is 3.70. The number of benzene rings is 1. The Hall–Kier alpha value is -3.79. The van der Waals surface area contributed by atoms with E-state index in [-0.39, 0.29) is 0 Å². The first-order valence-electron chi connectivity index (χ1n) is 10.0. The molecule has 9 nitrogen and oxygen atoms in total. The molecule has 0 aliphatic carbocycles. The highest BCUT2D eigenvalue weighted by molar-refractivity contribution is 7.80. The fourth-order valence-electron chi connectivity index (χ4n) is 3.19. The Morgan fingerprint density at radius 3 is 2.75 bits per heavy atom. The summed E-state index contributed by atoms with van der Waals surface area (Å²) in [4.78, 5) is 13.7. The van der Waals surface area contributed by atoms with Gasteiger partial charge in [0.1, 0.15) is 22.8 Å². The first-order chi connectivity index (χ1) is 15.6. The summed E-state index contributed by atoms with van der Waals surface area (Å²) in [7, 11) is 3.28. The van der Waals surface area contributed by atoms with Crippen LogP contribution in [0.5, 0.6) is 11.5 Å². The van der Waals surface area contributed by atoms with Gasteiger partial charge in [-0.05, 0) is 49.5 Å². The molecule has 0 aliphatic rings. The smallest absolute Gasteiger partial charge is 0.180 e. The van der Waals surface area contributed by atoms with Crippen molar-refractivity contribution in [2.45, 2.75) is 13.5 Å². The van der Waals surface area contributed by atoms with Crippen molar-refractivity contribution in [3.05, 3.63) is 54.5 Å². The van der Waals surface area contributed by atoms with Gasteiger partial charge in [-0.25, -0.2) is 9.97 Å². The van der Waals surface area contributed by atoms with Gasteiger partial charge >= 0.3 is 0 Å². The second-order valence-electron chi connectivity index (χ2n) is 6.88. The van der Waals surface area contributed by atoms with Gasteiger partial charge in [0.2, 0.25) is 0 Å². The number of anilines is 1. The maximum Gasteiger partial charge on any atom is 0.180 e. The van der Waals surface area contributed by atoms with Crippen LogP contribution in [-0.2, 0) is 6.54 Å². The average molecular weight is 450 g/mol. The molecular formula is C22H23N7O2S. The largest absolute Gasteiger partial charge is 0.497 e. The van der Waals surface area contributed by atoms with E-state index < -0.39 is 0 Å². The van der Waals surface area contributed by atoms with Gasteiger partial charge in [0.15, 0.2) is 10.8 Å². The molecule has 0 amide bonds. The lowest BCUT2D eigenvalue weighted by Crippen LogP contribution is -2.28. The van der Waals surface area contributed by atoms with Crippen molar-refractivity contribution in [3.8, 4) is 22.8 Å². The Bertz CT molecular complexity index is 1260. The number of rotatable bonds is 7. The number of thiocarbonyl (C=S) groups is 1. The van der Waals surface area contributed by atoms with Crippen LogP contribution in [0.1, 0.15) is 12.5 Å². The van der Waals surface area contributed by atoms with Gasteiger partial charge in [0.05, 0.1) is 38.9 Å². The summed E-state index contributed by atoms with van der Waals surface area (Å²) < 4.78 is 12.6. The van der Waals surface area contributed by atoms with Crippen LogP contribution in [0.15, 0.2) is 48.9 Å². The highest BCUT2D eigenvalue weighted by Crippen LogP contribution is 2.25. The van der Waals surface area contributed by atoms with E-state index in [2.05, 4.69) is 30.7 Å². The van der Waals surface area contributed by atoms with Gasteiger partial charge < -0.3 is 20.1 Å². The number of hydrogen-bond acceptors (Lipinski definition) is 7. The number of hydrogen-bond donors (Lipinski definition) is 2. The summed E-state index contributed by atoms with van der Waals surface area (Å²) >= 11 is 5.22. The molecule has 4 aromatic rings. The van der Waals surface area contributed by atoms with Crippen LogP contribution in [0.2, 0.25) is 0 Å². The number of ether oxygens (including phenoxy) is 2. The molecule has 2 N–H and O–H groups in total. The number of methoxy groups -OCH3 is 2. The van der Waals surface area contributed by atoms with Crippen molar-refractivity contribution in [3.63, 3.8) is 0 Å². The summed E-state index contributed by atoms with van der Waals surface area (Å²) in [6.07, 6.45) is 5.38. The molecule has 0 fully saturated rings. The molecule has 10 heteroatoms. The van der Waals surface area contributed by atoms with Crippen LogP contribution in [-0.4, -0.2) is 50.6 Å². The second-order valence-corrected chi connectivity index (χ2v) is 7.29. The average Bonchev–Trinajstić information content (AvgIpc) is 3.27. The molecule has 4 rings (SSSR count). The Morgan fingerprint density at radius 1 is 1.09 bits per heavy atom. The van der Waals surface area contributed by atoms with E-state index >= 15 is 0 Å². The lowest BCUT2D eigenvalue weighted by molar-refractivity contribution is 0.397. The summed E-state index contributed by atoms with van der Waals surface area (Å²) in [6, 6.07) is 9.36. The molecule has 0 radical (unpaired) electrons. The Morgan fingerprint density at radius 2 is 1.97 bits per heavy atom. The number of pyridine rings is 1. The lowest BCUT2D eigenvalue weighted by atomic mass is 10.2. The predicted octanol–water partition coefficient (Wildman–Crippen LogP) is 3.26. The molecule has 164 valence electrons. The molecule has 3 heterocycles. The number of aromatic nitrogens is 5. The Balaban J connectivity index is 1.58. The number of nitrogens with zero attached hydrogens (tertiary/aromatic N) is 5. The first-order valence-corrected chi connectivity index (χ1v) is 10.4. The van der Waals surface area contributed by atoms with Gasteiger partial charge in [-0.1, -0.05) is 0 Å². The van der Waals surface area contributed by atoms with Crippen molar-refractivity contribution >= 4 is 34.3 Å². The molecule has 0 aliphatic heterocycles. The molecule has 0 bridgehead atoms. The van der Waals surface area contributed by atoms with Gasteiger partial charge in [0.25, 0.3) is 0 Å². The minimum absolute atomic E-state index is 0.512. The van der Waals surface area contributed by atoms with E-state index in [1.807, 2.05) is 48.1 Å². The molecule has 0 unspecified atom stereocenters. The maximum absolute atomic E-state index is 5.46. The highest BCUT2D eigenvalue weighted by atomic mass is 32.1. The fraction of sp³-hybridized carbons (Fsp3) is 0.227. The third-order valence-electron chi connectivity index (χ3n) is 4.73. The topological polar surface area (TPSA) is 99.0 Å². The number of fused-ring (bicyclic) bond motifs is 1. The van der Waals surface area contributed by atoms with Crippen LogP contribution in [0.3, 0.4) is 0 Å². The molecule has 0 atom stereocenters. The minimum atomic E-state index is 0.512. The molecule has 32 heavy (non-hydrogen) atoms. The Labute approximate surface area is 190 Å². The Kier molecular flexibility index (Phi) is 6.41. The molecule has 0 saturated carbocycles. The molecule has 3 aromatic heterocycles. The zero-order valence-corrected chi connectivity index (χ0v) is 18.8. The zero-order chi connectivity index (χ0) is 22.5. The SMILES string of the molecule is CCNC(=S)Nc1ccc2ncc(-c3cnn(Cc4cc(OC)ccc4OC)c3)nc2n1. The van der Waals surface area contributed by atoms with Crippen molar-refractivity contribution in [1.29, 1.82) is 0 Å². The van der Waals surface area contributed by atoms with Crippen molar-refractivity contribution < 1.29 is 9.47 Å². The summed E-state index contributed by atoms with van der Waals surface area (Å²) in [6.45, 7) is 3.23. The van der Waals surface area contributed by atoms with E-state index in [9.17, 15) is 0 Å². The van der Waals surface area contributed by atoms with Crippen LogP contribution in [0, 0.1) is 0 Å². The minimum Gasteiger partial charge on any atom is -0.497 e. The van der Waals surface area contributed by atoms with Gasteiger partial charge in [-0.2, -0.15) is 5.10 Å². The third-order valence-corrected chi connectivity index (χ3v) is 4.98. The lowest BCUT2D eigenvalue weighted by Gasteiger charge is -2.10. The summed E-state index contributed by atoms with van der Waals surface area (Å²) in [5, 5.41) is 11.1. The zero-order valence-electron chi connectivity index (χ0n) is 18.0. The van der Waals surface area contributed by atoms with Crippen LogP contribution in [0.25, 0.3) is 22.4 Å². The van der Waals surface area contributed by atoms with Gasteiger partial charge in [-0.3, -0.25) is 9.67 Å². The van der Waals surface area contributed by atoms with E-state index in [1.165, 1.54) is 0 Å². The highest BCUT2D eigenvalue weighted by Gasteiger charge is 2.10. The van der Waals surface area contributed by atoms with Crippen molar-refractivity contribution in [2.75, 3.05) is 26.1 Å². The van der Waals surface area contributed by atoms with E-state index in [1.54, 1.807) is 26.6 Å². The third kappa shape index (κ3) is 4.75. The van der Waals surface area contributed by atoms with Crippen LogP contribution < -0.4 is 20.1 Å². The first kappa shape index (κ1) is 21.4. The monoisotopic (exact) mass is 449 g/mol. The standard InChI is InChI=1S/C22H23N7O2S/c1-4-23-22(32)28-20-8-6-17-21(27-20)26-18(11-24-17)15-10-25-29(13-15)12-14-9-16(30-2)5-7-19(14)31-3/h5-11,13H,4,12H2,1-3H3,(H2,23,26,27,28,32). The summed E-state index contributed by atoms with van der Waals surface area (Å²) in [5.74, 6) is 2.14. The maximum atomic E-state index is 5.46. The molecule has 0 spiro atoms. The molecule has 0 saturated heterocycles. The normalized spacial score (nSPS) is 10.7. The van der Waals surface area contributed by atoms with Gasteiger partial charge in [0, 0.05) is 23.9 Å². The quantitative estimate of drug-likeness (QED) is 0.412. The van der Waals surface area contributed by atoms with E-state index in [4.69, 9.17) is 21.7 Å². The van der Waals surface area contributed by atoms with Crippen molar-refractivity contribution in [1.82, 2.24) is 30.0 Å².